The van der Waals surface area contributed by atoms with Crippen LogP contribution in [0.5, 0.6) is 0 Å². The van der Waals surface area contributed by atoms with Crippen LogP contribution < -0.4 is 22.9 Å². The van der Waals surface area contributed by atoms with Gasteiger partial charge in [0.1, 0.15) is 0 Å². The molecule has 0 heterocycles. The van der Waals surface area contributed by atoms with Crippen molar-refractivity contribution in [2.45, 2.75) is 0 Å². The molecule has 4 aromatic rings. The zero-order valence-corrected chi connectivity index (χ0v) is 23.7. The van der Waals surface area contributed by atoms with Crippen molar-refractivity contribution in [1.82, 2.24) is 0 Å². The van der Waals surface area contributed by atoms with Gasteiger partial charge in [0.15, 0.2) is 11.6 Å². The fourth-order valence-electron chi connectivity index (χ4n) is 3.44. The summed E-state index contributed by atoms with van der Waals surface area (Å²) in [6.45, 7) is 0. The number of rotatable bonds is 6. The molecule has 10 nitrogen and oxygen atoms in total. The molecule has 0 spiro atoms. The Morgan fingerprint density at radius 1 is 0.475 bits per heavy atom. The third kappa shape index (κ3) is 6.84. The number of carbonyl (C=O) groups excluding carboxylic acids is 2. The Balaban J connectivity index is 0.000000225. The van der Waals surface area contributed by atoms with Crippen LogP contribution in [-0.2, 0) is 0 Å². The fourth-order valence-corrected chi connectivity index (χ4v) is 4.19. The topological polar surface area (TPSA) is 213 Å². The molecule has 4 aromatic carbocycles. The van der Waals surface area contributed by atoms with Crippen molar-refractivity contribution in [3.05, 3.63) is 115 Å². The Hall–Kier alpha value is -4.68. The van der Waals surface area contributed by atoms with Gasteiger partial charge in [0.2, 0.25) is 0 Å². The van der Waals surface area contributed by atoms with Gasteiger partial charge in [-0.25, -0.2) is 9.59 Å². The molecule has 0 aliphatic carbocycles. The predicted molar refractivity (Wildman–Crippen MR) is 160 cm³/mol. The molecule has 0 saturated heterocycles. The van der Waals surface area contributed by atoms with E-state index < -0.39 is 17.7 Å². The summed E-state index contributed by atoms with van der Waals surface area (Å²) < 4.78 is 1.42. The lowest BCUT2D eigenvalue weighted by atomic mass is 9.98. The van der Waals surface area contributed by atoms with Crippen LogP contribution in [0.15, 0.2) is 81.7 Å². The Kier molecular flexibility index (Phi) is 9.30. The fraction of sp³-hybridized carbons (Fsp3) is 0. The van der Waals surface area contributed by atoms with Crippen LogP contribution in [0.3, 0.4) is 0 Å². The third-order valence-corrected chi connectivity index (χ3v) is 6.99. The van der Waals surface area contributed by atoms with E-state index in [4.69, 9.17) is 33.1 Å². The van der Waals surface area contributed by atoms with Gasteiger partial charge in [-0.3, -0.25) is 9.59 Å². The summed E-state index contributed by atoms with van der Waals surface area (Å²) in [5.74, 6) is -3.10. The first-order valence-electron chi connectivity index (χ1n) is 11.2. The zero-order valence-electron chi connectivity index (χ0n) is 20.5. The molecular weight excluding hydrogens is 648 g/mol. The van der Waals surface area contributed by atoms with E-state index in [1.165, 1.54) is 24.3 Å². The maximum Gasteiger partial charge on any atom is 0.337 e. The van der Waals surface area contributed by atoms with Gasteiger partial charge in [-0.15, -0.1) is 0 Å². The first-order chi connectivity index (χ1) is 18.8. The highest BCUT2D eigenvalue weighted by Crippen LogP contribution is 2.25. The van der Waals surface area contributed by atoms with Crippen LogP contribution in [0.2, 0.25) is 0 Å². The predicted octanol–water partition coefficient (Wildman–Crippen LogP) is 5.09. The molecule has 0 unspecified atom stereocenters. The van der Waals surface area contributed by atoms with E-state index in [9.17, 15) is 19.2 Å². The average molecular weight is 670 g/mol. The van der Waals surface area contributed by atoms with Crippen LogP contribution in [-0.4, -0.2) is 33.7 Å². The number of carbonyl (C=O) groups is 4. The van der Waals surface area contributed by atoms with Crippen LogP contribution in [0.4, 0.5) is 22.7 Å². The molecule has 0 atom stereocenters. The minimum atomic E-state index is -1.25. The molecule has 10 N–H and O–H groups in total. The maximum absolute atomic E-state index is 12.4. The molecule has 0 amide bonds. The van der Waals surface area contributed by atoms with Crippen molar-refractivity contribution < 1.29 is 29.4 Å². The molecule has 0 fully saturated rings. The number of ketones is 2. The average Bonchev–Trinajstić information content (AvgIpc) is 2.91. The molecule has 0 saturated carbocycles. The first-order valence-corrected chi connectivity index (χ1v) is 12.8. The van der Waals surface area contributed by atoms with Gasteiger partial charge in [-0.1, -0.05) is 0 Å². The number of hydrogen-bond donors (Lipinski definition) is 6. The van der Waals surface area contributed by atoms with Gasteiger partial charge in [0.25, 0.3) is 0 Å². The summed E-state index contributed by atoms with van der Waals surface area (Å²) >= 11 is 6.61. The molecule has 0 bridgehead atoms. The molecule has 12 heteroatoms. The molecule has 0 aliphatic rings. The zero-order chi connectivity index (χ0) is 29.7. The van der Waals surface area contributed by atoms with E-state index in [0.29, 0.717) is 31.4 Å². The molecule has 40 heavy (non-hydrogen) atoms. The van der Waals surface area contributed by atoms with Crippen molar-refractivity contribution in [3.63, 3.8) is 0 Å². The Morgan fingerprint density at radius 3 is 1.02 bits per heavy atom. The Bertz CT molecular complexity index is 1550. The summed E-state index contributed by atoms with van der Waals surface area (Å²) in [4.78, 5) is 46.7. The molecule has 0 aromatic heterocycles. The number of benzene rings is 4. The molecular formula is C28H22Br2N4O6. The van der Waals surface area contributed by atoms with Gasteiger partial charge in [-0.2, -0.15) is 0 Å². The highest BCUT2D eigenvalue weighted by atomic mass is 79.9. The smallest absolute Gasteiger partial charge is 0.337 e. The number of nitrogens with two attached hydrogens (primary N) is 4. The van der Waals surface area contributed by atoms with E-state index >= 15 is 0 Å². The van der Waals surface area contributed by atoms with Gasteiger partial charge < -0.3 is 33.1 Å². The van der Waals surface area contributed by atoms with E-state index in [0.717, 1.165) is 12.1 Å². The van der Waals surface area contributed by atoms with Crippen molar-refractivity contribution in [2.24, 2.45) is 0 Å². The Labute approximate surface area is 244 Å². The maximum atomic E-state index is 12.4. The SMILES string of the molecule is Nc1ccc(C(=O)c2ccc(N)c(Br)c2)cc1Br.Nc1ccc(C(=O)c2ccc(N)c(C(=O)O)c2)cc1C(=O)O. The largest absolute Gasteiger partial charge is 0.478 e. The van der Waals surface area contributed by atoms with Gasteiger partial charge in [0, 0.05) is 53.9 Å². The second-order valence-corrected chi connectivity index (χ2v) is 10.1. The molecule has 0 radical (unpaired) electrons. The molecule has 204 valence electrons. The van der Waals surface area contributed by atoms with Crippen LogP contribution in [0.25, 0.3) is 0 Å². The summed E-state index contributed by atoms with van der Waals surface area (Å²) in [7, 11) is 0. The number of anilines is 4. The lowest BCUT2D eigenvalue weighted by Gasteiger charge is -2.07. The minimum Gasteiger partial charge on any atom is -0.478 e. The van der Waals surface area contributed by atoms with Gasteiger partial charge in [0.05, 0.1) is 11.1 Å². The van der Waals surface area contributed by atoms with E-state index in [1.807, 2.05) is 0 Å². The highest BCUT2D eigenvalue weighted by molar-refractivity contribution is 9.11. The quantitative estimate of drug-likeness (QED) is 0.118. The number of halogens is 2. The number of carboxylic acids is 2. The minimum absolute atomic E-state index is 0.0348. The monoisotopic (exact) mass is 668 g/mol. The number of hydrogen-bond acceptors (Lipinski definition) is 8. The number of aromatic carboxylic acids is 2. The first kappa shape index (κ1) is 29.9. The summed E-state index contributed by atoms with van der Waals surface area (Å²) in [6.07, 6.45) is 0. The summed E-state index contributed by atoms with van der Waals surface area (Å²) in [5, 5.41) is 18.0. The highest BCUT2D eigenvalue weighted by Gasteiger charge is 2.17. The summed E-state index contributed by atoms with van der Waals surface area (Å²) in [6, 6.07) is 17.9. The van der Waals surface area contributed by atoms with Crippen molar-refractivity contribution in [3.8, 4) is 0 Å². The van der Waals surface area contributed by atoms with E-state index in [2.05, 4.69) is 31.9 Å². The summed E-state index contributed by atoms with van der Waals surface area (Å²) in [5.41, 5.74) is 24.6. The third-order valence-electron chi connectivity index (χ3n) is 5.62. The lowest BCUT2D eigenvalue weighted by molar-refractivity contribution is 0.0687. The molecule has 0 aliphatic heterocycles. The standard InChI is InChI=1S/C15H12N2O5.C13H10Br2N2O/c16-11-3-1-7(5-9(11)14(19)20)13(18)8-2-4-12(17)10(6-8)15(21)22;14-9-5-7(1-3-11(9)16)13(18)8-2-4-12(17)10(15)6-8/h1-6H,16-17H2,(H,19,20)(H,21,22);1-6H,16-17H2. The van der Waals surface area contributed by atoms with Gasteiger partial charge >= 0.3 is 11.9 Å². The second kappa shape index (κ2) is 12.5. The normalized spacial score (nSPS) is 10.2. The van der Waals surface area contributed by atoms with Crippen LogP contribution in [0, 0.1) is 0 Å². The van der Waals surface area contributed by atoms with Crippen molar-refractivity contribution in [2.75, 3.05) is 22.9 Å². The van der Waals surface area contributed by atoms with Crippen LogP contribution >= 0.6 is 31.9 Å². The number of carboxylic acid groups (broad SMARTS) is 2. The lowest BCUT2D eigenvalue weighted by Crippen LogP contribution is -2.09. The molecule has 4 rings (SSSR count). The number of nitrogen functional groups attached to an aromatic ring is 4. The van der Waals surface area contributed by atoms with E-state index in [-0.39, 0.29) is 39.4 Å². The van der Waals surface area contributed by atoms with E-state index in [1.54, 1.807) is 36.4 Å². The van der Waals surface area contributed by atoms with Crippen LogP contribution in [0.1, 0.15) is 52.6 Å². The van der Waals surface area contributed by atoms with Crippen molar-refractivity contribution in [1.29, 1.82) is 0 Å². The van der Waals surface area contributed by atoms with Crippen molar-refractivity contribution >= 4 is 78.1 Å². The van der Waals surface area contributed by atoms with Gasteiger partial charge in [-0.05, 0) is 105 Å². The Morgan fingerprint density at radius 2 is 0.750 bits per heavy atom. The second-order valence-electron chi connectivity index (χ2n) is 8.35.